The van der Waals surface area contributed by atoms with E-state index in [1.54, 1.807) is 45.2 Å². The van der Waals surface area contributed by atoms with Crippen LogP contribution in [0.5, 0.6) is 0 Å². The summed E-state index contributed by atoms with van der Waals surface area (Å²) in [5.74, 6) is -0.941. The number of aryl methyl sites for hydroxylation is 1. The first kappa shape index (κ1) is 19.4. The Hall–Kier alpha value is -2.93. The average Bonchev–Trinajstić information content (AvgIpc) is 3.05. The Morgan fingerprint density at radius 2 is 1.96 bits per heavy atom. The molecule has 0 aliphatic rings. The van der Waals surface area contributed by atoms with Crippen LogP contribution in [0.4, 0.5) is 14.5 Å². The van der Waals surface area contributed by atoms with Gasteiger partial charge in [-0.05, 0) is 50.2 Å². The first-order valence-electron chi connectivity index (χ1n) is 8.09. The third-order valence-corrected chi connectivity index (χ3v) is 3.58. The summed E-state index contributed by atoms with van der Waals surface area (Å²) >= 11 is 0. The maximum absolute atomic E-state index is 13.3. The number of nitrogens with one attached hydrogen (secondary N) is 3. The summed E-state index contributed by atoms with van der Waals surface area (Å²) < 4.78 is 30.6. The van der Waals surface area contributed by atoms with Crippen molar-refractivity contribution in [2.45, 2.75) is 13.8 Å². The lowest BCUT2D eigenvalue weighted by Crippen LogP contribution is -2.14. The van der Waals surface area contributed by atoms with Gasteiger partial charge in [-0.1, -0.05) is 6.07 Å². The Balaban J connectivity index is 0.000000209. The van der Waals surface area contributed by atoms with Crippen molar-refractivity contribution in [2.24, 2.45) is 0 Å². The van der Waals surface area contributed by atoms with Crippen molar-refractivity contribution in [3.8, 4) is 0 Å². The molecule has 3 N–H and O–H groups in total. The molecule has 2 aromatic carbocycles. The zero-order valence-corrected chi connectivity index (χ0v) is 14.8. The smallest absolute Gasteiger partial charge is 0.354 e. The minimum atomic E-state index is -0.418. The van der Waals surface area contributed by atoms with E-state index >= 15 is 0 Å². The zero-order valence-electron chi connectivity index (χ0n) is 14.8. The molecule has 0 atom stereocenters. The van der Waals surface area contributed by atoms with Crippen LogP contribution >= 0.6 is 0 Å². The minimum Gasteiger partial charge on any atom is -0.461 e. The van der Waals surface area contributed by atoms with Crippen molar-refractivity contribution in [3.63, 3.8) is 0 Å². The predicted octanol–water partition coefficient (Wildman–Crippen LogP) is 4.16. The van der Waals surface area contributed by atoms with E-state index in [4.69, 9.17) is 4.74 Å². The number of fused-ring (bicyclic) bond motifs is 1. The second-order valence-corrected chi connectivity index (χ2v) is 5.43. The van der Waals surface area contributed by atoms with Gasteiger partial charge in [0.25, 0.3) is 0 Å². The number of halogens is 2. The fourth-order valence-corrected chi connectivity index (χ4v) is 2.35. The van der Waals surface area contributed by atoms with Crippen molar-refractivity contribution in [2.75, 3.05) is 19.1 Å². The Kier molecular flexibility index (Phi) is 6.68. The summed E-state index contributed by atoms with van der Waals surface area (Å²) in [6.45, 7) is 3.73. The lowest BCUT2D eigenvalue weighted by Gasteiger charge is -2.01. The SMILES string of the molecule is CCOC(=O)c1cc2ccc(F)c(C)c2[nH]1.CNNc1cccc(F)c1. The number of aromatic amines is 1. The van der Waals surface area contributed by atoms with Gasteiger partial charge in [0, 0.05) is 18.0 Å². The lowest BCUT2D eigenvalue weighted by molar-refractivity contribution is 0.0520. The van der Waals surface area contributed by atoms with Crippen molar-refractivity contribution in [3.05, 3.63) is 65.4 Å². The summed E-state index contributed by atoms with van der Waals surface area (Å²) in [6, 6.07) is 10.9. The van der Waals surface area contributed by atoms with E-state index in [1.807, 2.05) is 0 Å². The molecule has 0 saturated heterocycles. The Morgan fingerprint density at radius 1 is 1.19 bits per heavy atom. The molecule has 0 unspecified atom stereocenters. The molecule has 0 spiro atoms. The highest BCUT2D eigenvalue weighted by Crippen LogP contribution is 2.21. The van der Waals surface area contributed by atoms with Crippen LogP contribution < -0.4 is 10.9 Å². The van der Waals surface area contributed by atoms with Gasteiger partial charge in [0.2, 0.25) is 0 Å². The van der Waals surface area contributed by atoms with Gasteiger partial charge in [-0.25, -0.2) is 19.0 Å². The fourth-order valence-electron chi connectivity index (χ4n) is 2.35. The quantitative estimate of drug-likeness (QED) is 0.482. The van der Waals surface area contributed by atoms with Crippen molar-refractivity contribution in [1.29, 1.82) is 0 Å². The third kappa shape index (κ3) is 4.80. The van der Waals surface area contributed by atoms with E-state index in [1.165, 1.54) is 18.2 Å². The van der Waals surface area contributed by atoms with E-state index < -0.39 is 5.97 Å². The average molecular weight is 361 g/mol. The molecule has 3 rings (SSSR count). The molecule has 0 fully saturated rings. The fraction of sp³-hybridized carbons (Fsp3) is 0.211. The van der Waals surface area contributed by atoms with E-state index in [9.17, 15) is 13.6 Å². The highest BCUT2D eigenvalue weighted by atomic mass is 19.1. The van der Waals surface area contributed by atoms with Crippen LogP contribution in [0.1, 0.15) is 23.0 Å². The Bertz CT molecular complexity index is 894. The van der Waals surface area contributed by atoms with Crippen molar-refractivity contribution >= 4 is 22.6 Å². The molecule has 0 bridgehead atoms. The summed E-state index contributed by atoms with van der Waals surface area (Å²) in [4.78, 5) is 14.3. The number of aromatic nitrogens is 1. The molecule has 0 aliphatic carbocycles. The van der Waals surface area contributed by atoms with Gasteiger partial charge in [0.15, 0.2) is 0 Å². The number of rotatable bonds is 4. The number of benzene rings is 2. The summed E-state index contributed by atoms with van der Waals surface area (Å²) in [5.41, 5.74) is 7.68. The highest BCUT2D eigenvalue weighted by Gasteiger charge is 2.12. The number of anilines is 1. The van der Waals surface area contributed by atoms with Gasteiger partial charge < -0.3 is 15.1 Å². The third-order valence-electron chi connectivity index (χ3n) is 3.58. The van der Waals surface area contributed by atoms with Gasteiger partial charge in [0.05, 0.1) is 17.8 Å². The normalized spacial score (nSPS) is 10.2. The second kappa shape index (κ2) is 8.96. The number of hydrogen-bond donors (Lipinski definition) is 3. The first-order valence-corrected chi connectivity index (χ1v) is 8.09. The van der Waals surface area contributed by atoms with Gasteiger partial charge in [-0.2, -0.15) is 0 Å². The molecule has 3 aromatic rings. The molecule has 26 heavy (non-hydrogen) atoms. The first-order chi connectivity index (χ1) is 12.5. The summed E-state index contributed by atoms with van der Waals surface area (Å²) in [7, 11) is 1.73. The van der Waals surface area contributed by atoms with E-state index in [2.05, 4.69) is 15.8 Å². The number of hydrogen-bond acceptors (Lipinski definition) is 4. The lowest BCUT2D eigenvalue weighted by atomic mass is 10.1. The van der Waals surface area contributed by atoms with Crippen LogP contribution in [-0.4, -0.2) is 24.6 Å². The molecule has 1 heterocycles. The van der Waals surface area contributed by atoms with Gasteiger partial charge in [-0.3, -0.25) is 0 Å². The molecular formula is C19H21F2N3O2. The zero-order chi connectivity index (χ0) is 19.1. The van der Waals surface area contributed by atoms with E-state index in [-0.39, 0.29) is 11.6 Å². The Morgan fingerprint density at radius 3 is 2.62 bits per heavy atom. The van der Waals surface area contributed by atoms with Gasteiger partial charge in [-0.15, -0.1) is 0 Å². The maximum atomic E-state index is 13.3. The molecule has 1 aromatic heterocycles. The van der Waals surface area contributed by atoms with Gasteiger partial charge in [0.1, 0.15) is 17.3 Å². The van der Waals surface area contributed by atoms with Crippen molar-refractivity contribution in [1.82, 2.24) is 10.4 Å². The van der Waals surface area contributed by atoms with E-state index in [0.29, 0.717) is 23.4 Å². The minimum absolute atomic E-state index is 0.236. The van der Waals surface area contributed by atoms with Gasteiger partial charge >= 0.3 is 5.97 Å². The molecule has 0 aliphatic heterocycles. The number of carbonyl (C=O) groups excluding carboxylic acids is 1. The number of esters is 1. The van der Waals surface area contributed by atoms with Crippen LogP contribution in [0.2, 0.25) is 0 Å². The van der Waals surface area contributed by atoms with Crippen LogP contribution in [-0.2, 0) is 4.74 Å². The number of hydrazine groups is 1. The topological polar surface area (TPSA) is 66.2 Å². The summed E-state index contributed by atoms with van der Waals surface area (Å²) in [5, 5.41) is 0.807. The van der Waals surface area contributed by atoms with Crippen LogP contribution in [0.3, 0.4) is 0 Å². The molecule has 7 heteroatoms. The number of carbonyl (C=O) groups is 1. The molecule has 138 valence electrons. The van der Waals surface area contributed by atoms with Crippen LogP contribution in [0, 0.1) is 18.6 Å². The number of H-pyrrole nitrogens is 1. The monoisotopic (exact) mass is 361 g/mol. The van der Waals surface area contributed by atoms with Crippen molar-refractivity contribution < 1.29 is 18.3 Å². The molecule has 5 nitrogen and oxygen atoms in total. The second-order valence-electron chi connectivity index (χ2n) is 5.43. The predicted molar refractivity (Wildman–Crippen MR) is 98.0 cm³/mol. The molecule has 0 saturated carbocycles. The molecule has 0 radical (unpaired) electrons. The number of ether oxygens (including phenoxy) is 1. The molecular weight excluding hydrogens is 340 g/mol. The van der Waals surface area contributed by atoms with Crippen LogP contribution in [0.15, 0.2) is 42.5 Å². The Labute approximate surface area is 150 Å². The largest absolute Gasteiger partial charge is 0.461 e. The van der Waals surface area contributed by atoms with Crippen LogP contribution in [0.25, 0.3) is 10.9 Å². The molecule has 0 amide bonds. The maximum Gasteiger partial charge on any atom is 0.354 e. The highest BCUT2D eigenvalue weighted by molar-refractivity contribution is 5.95. The van der Waals surface area contributed by atoms with E-state index in [0.717, 1.165) is 11.1 Å². The summed E-state index contributed by atoms with van der Waals surface area (Å²) in [6.07, 6.45) is 0. The standard InChI is InChI=1S/C12H12FNO2.C7H9FN2/c1-3-16-12(15)10-6-8-4-5-9(13)7(2)11(8)14-10;1-9-10-7-4-2-3-6(8)5-7/h4-6,14H,3H2,1-2H3;2-5,9-10H,1H3.